The van der Waals surface area contributed by atoms with Crippen LogP contribution in [0.3, 0.4) is 0 Å². The fraction of sp³-hybridized carbons (Fsp3) is 0.812. The van der Waals surface area contributed by atoms with Gasteiger partial charge in [0.25, 0.3) is 0 Å². The maximum atomic E-state index is 12.8. The normalized spacial score (nSPS) is 12.9. The number of hydrogen-bond acceptors (Lipinski definition) is 5. The lowest BCUT2D eigenvalue weighted by Crippen LogP contribution is -2.40. The number of hydrogen-bond donors (Lipinski definition) is 3. The molecule has 0 heterocycles. The van der Waals surface area contributed by atoms with E-state index in [2.05, 4.69) is 55.6 Å². The van der Waals surface area contributed by atoms with Crippen LogP contribution in [0.1, 0.15) is 232 Å². The van der Waals surface area contributed by atoms with Crippen molar-refractivity contribution in [3.63, 3.8) is 0 Å². The summed E-state index contributed by atoms with van der Waals surface area (Å²) in [6.07, 6.45) is 50.5. The molecule has 55 heavy (non-hydrogen) atoms. The summed E-state index contributed by atoms with van der Waals surface area (Å²) in [5.41, 5.74) is 5.49. The summed E-state index contributed by atoms with van der Waals surface area (Å²) in [6.45, 7) is 4.92. The lowest BCUT2D eigenvalue weighted by molar-refractivity contribution is -0.150. The van der Waals surface area contributed by atoms with Gasteiger partial charge in [-0.2, -0.15) is 0 Å². The molecular formula is C48H88N2O5. The predicted octanol–water partition coefficient (Wildman–Crippen LogP) is 13.4. The molecule has 0 saturated carbocycles. The van der Waals surface area contributed by atoms with E-state index in [9.17, 15) is 19.5 Å². The number of rotatable bonds is 42. The number of carboxylic acids is 1. The highest BCUT2D eigenvalue weighted by Crippen LogP contribution is 2.18. The van der Waals surface area contributed by atoms with Gasteiger partial charge in [0, 0.05) is 12.8 Å². The van der Waals surface area contributed by atoms with Crippen LogP contribution in [0, 0.1) is 0 Å². The van der Waals surface area contributed by atoms with E-state index in [1.807, 2.05) is 0 Å². The summed E-state index contributed by atoms with van der Waals surface area (Å²) in [5.74, 6) is -1.26. The first kappa shape index (κ1) is 52.6. The maximum absolute atomic E-state index is 12.8. The Labute approximate surface area is 339 Å². The van der Waals surface area contributed by atoms with Gasteiger partial charge < -0.3 is 20.9 Å². The number of aliphatic carboxylic acids is 1. The van der Waals surface area contributed by atoms with Gasteiger partial charge in [-0.25, -0.2) is 4.79 Å². The van der Waals surface area contributed by atoms with Crippen molar-refractivity contribution >= 4 is 17.8 Å². The summed E-state index contributed by atoms with van der Waals surface area (Å²) in [5, 5.41) is 11.9. The monoisotopic (exact) mass is 773 g/mol. The molecule has 7 nitrogen and oxygen atoms in total. The zero-order chi connectivity index (χ0) is 40.3. The highest BCUT2D eigenvalue weighted by molar-refractivity contribution is 5.83. The van der Waals surface area contributed by atoms with Crippen molar-refractivity contribution in [2.24, 2.45) is 5.73 Å². The molecule has 0 aromatic rings. The second-order valence-electron chi connectivity index (χ2n) is 15.8. The van der Waals surface area contributed by atoms with Crippen LogP contribution < -0.4 is 11.1 Å². The van der Waals surface area contributed by atoms with E-state index < -0.39 is 12.0 Å². The molecule has 0 aromatic heterocycles. The van der Waals surface area contributed by atoms with Gasteiger partial charge in [0.1, 0.15) is 12.1 Å². The molecule has 0 rings (SSSR count). The molecule has 0 aliphatic heterocycles. The molecule has 320 valence electrons. The fourth-order valence-corrected chi connectivity index (χ4v) is 6.89. The number of nitrogens with two attached hydrogens (primary N) is 1. The molecule has 0 aromatic carbocycles. The van der Waals surface area contributed by atoms with Gasteiger partial charge in [0.15, 0.2) is 0 Å². The molecule has 0 aliphatic carbocycles. The van der Waals surface area contributed by atoms with Crippen LogP contribution in [-0.4, -0.2) is 41.6 Å². The van der Waals surface area contributed by atoms with Crippen LogP contribution in [0.25, 0.3) is 0 Å². The Bertz CT molecular complexity index is 962. The molecule has 4 N–H and O–H groups in total. The Morgan fingerprint density at radius 2 is 0.964 bits per heavy atom. The number of carbonyl (C=O) groups is 3. The number of esters is 1. The van der Waals surface area contributed by atoms with E-state index in [1.165, 1.54) is 116 Å². The molecule has 0 radical (unpaired) electrons. The zero-order valence-electron chi connectivity index (χ0n) is 36.0. The van der Waals surface area contributed by atoms with Gasteiger partial charge in [-0.3, -0.25) is 9.59 Å². The Hall–Kier alpha value is -2.41. The van der Waals surface area contributed by atoms with Gasteiger partial charge in [-0.15, -0.1) is 0 Å². The molecule has 0 saturated heterocycles. The average Bonchev–Trinajstić information content (AvgIpc) is 3.17. The Balaban J connectivity index is 4.30. The quantitative estimate of drug-likeness (QED) is 0.0323. The van der Waals surface area contributed by atoms with Crippen LogP contribution in [0.15, 0.2) is 36.5 Å². The molecule has 0 bridgehead atoms. The third-order valence-electron chi connectivity index (χ3n) is 10.4. The van der Waals surface area contributed by atoms with Gasteiger partial charge in [-0.1, -0.05) is 153 Å². The molecule has 0 aliphatic rings. The van der Waals surface area contributed by atoms with Gasteiger partial charge >= 0.3 is 11.9 Å². The topological polar surface area (TPSA) is 119 Å². The average molecular weight is 773 g/mol. The largest absolute Gasteiger partial charge is 0.480 e. The van der Waals surface area contributed by atoms with Crippen LogP contribution in [0.5, 0.6) is 0 Å². The fourth-order valence-electron chi connectivity index (χ4n) is 6.89. The number of nitrogens with one attached hydrogen (secondary N) is 1. The van der Waals surface area contributed by atoms with Crippen molar-refractivity contribution < 1.29 is 24.2 Å². The smallest absolute Gasteiger partial charge is 0.326 e. The number of unbranched alkanes of at least 4 members (excludes halogenated alkanes) is 22. The summed E-state index contributed by atoms with van der Waals surface area (Å²) in [4.78, 5) is 36.4. The van der Waals surface area contributed by atoms with Crippen molar-refractivity contribution in [2.45, 2.75) is 244 Å². The number of amides is 1. The number of ether oxygens (including phenoxy) is 1. The van der Waals surface area contributed by atoms with Crippen molar-refractivity contribution in [2.75, 3.05) is 6.54 Å². The van der Waals surface area contributed by atoms with Crippen LogP contribution in [0.4, 0.5) is 0 Å². The minimum Gasteiger partial charge on any atom is -0.480 e. The molecule has 7 heteroatoms. The minimum absolute atomic E-state index is 0.0313. The minimum atomic E-state index is -1.01. The second kappa shape index (κ2) is 42.7. The predicted molar refractivity (Wildman–Crippen MR) is 234 cm³/mol. The first-order chi connectivity index (χ1) is 26.9. The Morgan fingerprint density at radius 3 is 1.53 bits per heavy atom. The molecule has 2 atom stereocenters. The lowest BCUT2D eigenvalue weighted by atomic mass is 10.0. The highest BCUT2D eigenvalue weighted by Gasteiger charge is 2.19. The van der Waals surface area contributed by atoms with Gasteiger partial charge in [-0.05, 0) is 109 Å². The SMILES string of the molecule is CCCCC/C=C\C/C=C\CCCC(CCCCCCCC(=O)NC(CCCN)C(=O)O)OC(=O)CCCCCCCCC/C=C\CCCCCCCCC. The van der Waals surface area contributed by atoms with E-state index in [0.29, 0.717) is 32.2 Å². The zero-order valence-corrected chi connectivity index (χ0v) is 36.0. The number of carboxylic acid groups (broad SMARTS) is 1. The Morgan fingerprint density at radius 1 is 0.527 bits per heavy atom. The maximum Gasteiger partial charge on any atom is 0.326 e. The van der Waals surface area contributed by atoms with E-state index in [1.54, 1.807) is 0 Å². The number of allylic oxidation sites excluding steroid dienone is 6. The van der Waals surface area contributed by atoms with Gasteiger partial charge in [0.05, 0.1) is 0 Å². The molecule has 2 unspecified atom stereocenters. The molecule has 1 amide bonds. The van der Waals surface area contributed by atoms with Crippen LogP contribution >= 0.6 is 0 Å². The lowest BCUT2D eigenvalue weighted by Gasteiger charge is -2.18. The summed E-state index contributed by atoms with van der Waals surface area (Å²) >= 11 is 0. The summed E-state index contributed by atoms with van der Waals surface area (Å²) in [6, 6.07) is -0.861. The van der Waals surface area contributed by atoms with Crippen molar-refractivity contribution in [3.8, 4) is 0 Å². The molecule has 0 spiro atoms. The van der Waals surface area contributed by atoms with E-state index in [4.69, 9.17) is 10.5 Å². The van der Waals surface area contributed by atoms with Crippen molar-refractivity contribution in [1.29, 1.82) is 0 Å². The van der Waals surface area contributed by atoms with E-state index in [0.717, 1.165) is 77.0 Å². The second-order valence-corrected chi connectivity index (χ2v) is 15.8. The third kappa shape index (κ3) is 39.6. The standard InChI is InChI=1S/C48H88N2O5/c1-3-5-7-9-11-13-15-16-17-18-19-20-21-23-25-27-32-36-42-47(52)55-44(38-33-29-26-24-22-14-12-10-8-6-4-2)39-34-30-28-31-35-41-46(51)50-45(48(53)54)40-37-43-49/h12,14,17-18,24,26,44-45H,3-11,13,15-16,19-23,25,27-43,49H2,1-2H3,(H,50,51)(H,53,54)/b14-12-,18-17-,26-24-. The van der Waals surface area contributed by atoms with Crippen molar-refractivity contribution in [3.05, 3.63) is 36.5 Å². The van der Waals surface area contributed by atoms with E-state index >= 15 is 0 Å². The first-order valence-electron chi connectivity index (χ1n) is 23.3. The van der Waals surface area contributed by atoms with Crippen LogP contribution in [-0.2, 0) is 19.1 Å². The number of carbonyl (C=O) groups excluding carboxylic acids is 2. The summed E-state index contributed by atoms with van der Waals surface area (Å²) in [7, 11) is 0. The third-order valence-corrected chi connectivity index (χ3v) is 10.4. The molecular weight excluding hydrogens is 685 g/mol. The highest BCUT2D eigenvalue weighted by atomic mass is 16.5. The van der Waals surface area contributed by atoms with Gasteiger partial charge in [0.2, 0.25) is 5.91 Å². The first-order valence-corrected chi connectivity index (χ1v) is 23.3. The summed E-state index contributed by atoms with van der Waals surface area (Å²) < 4.78 is 6.03. The van der Waals surface area contributed by atoms with Crippen LogP contribution in [0.2, 0.25) is 0 Å². The Kier molecular flexibility index (Phi) is 40.9. The van der Waals surface area contributed by atoms with Crippen molar-refractivity contribution in [1.82, 2.24) is 5.32 Å². The van der Waals surface area contributed by atoms with E-state index in [-0.39, 0.29) is 18.0 Å². The molecule has 0 fully saturated rings.